The van der Waals surface area contributed by atoms with Gasteiger partial charge in [-0.1, -0.05) is 50.8 Å². The van der Waals surface area contributed by atoms with E-state index >= 15 is 0 Å². The molecule has 2 aromatic rings. The lowest BCUT2D eigenvalue weighted by Crippen LogP contribution is -2.17. The molecular weight excluding hydrogens is 508 g/mol. The average Bonchev–Trinajstić information content (AvgIpc) is 2.92. The lowest BCUT2D eigenvalue weighted by molar-refractivity contribution is -0.138. The Bertz CT molecular complexity index is 1140. The first-order valence-electron chi connectivity index (χ1n) is 14.9. The number of aryl methyl sites for hydroxylation is 2. The van der Waals surface area contributed by atoms with E-state index in [0.29, 0.717) is 43.8 Å². The second-order valence-corrected chi connectivity index (χ2v) is 10.6. The first kappa shape index (κ1) is 31.2. The monoisotopic (exact) mass is 552 g/mol. The molecule has 2 aromatic carbocycles. The number of carboxylic acid groups (broad SMARTS) is 2. The first-order chi connectivity index (χ1) is 19.4. The van der Waals surface area contributed by atoms with Crippen LogP contribution in [0.4, 0.5) is 0 Å². The quantitative estimate of drug-likeness (QED) is 0.181. The summed E-state index contributed by atoms with van der Waals surface area (Å²) >= 11 is 0. The van der Waals surface area contributed by atoms with Crippen LogP contribution in [0.5, 0.6) is 11.5 Å². The lowest BCUT2D eigenvalue weighted by Gasteiger charge is -2.22. The summed E-state index contributed by atoms with van der Waals surface area (Å²) in [6.07, 6.45) is 11.3. The Kier molecular flexibility index (Phi) is 13.0. The Labute approximate surface area is 237 Å². The fourth-order valence-corrected chi connectivity index (χ4v) is 5.43. The molecule has 2 N–H and O–H groups in total. The largest absolute Gasteiger partial charge is 0.493 e. The molecule has 0 aliphatic carbocycles. The van der Waals surface area contributed by atoms with E-state index in [0.717, 1.165) is 81.1 Å². The number of carbonyl (C=O) groups excluding carboxylic acids is 1. The van der Waals surface area contributed by atoms with Crippen LogP contribution in [-0.4, -0.2) is 41.1 Å². The highest BCUT2D eigenvalue weighted by molar-refractivity contribution is 6.00. The second-order valence-electron chi connectivity index (χ2n) is 10.6. The fraction of sp³-hybridized carbons (Fsp3) is 0.545. The van der Waals surface area contributed by atoms with Gasteiger partial charge in [-0.3, -0.25) is 14.4 Å². The van der Waals surface area contributed by atoms with Crippen molar-refractivity contribution in [2.75, 3.05) is 13.2 Å². The van der Waals surface area contributed by atoms with Crippen molar-refractivity contribution in [3.8, 4) is 11.5 Å². The van der Waals surface area contributed by atoms with Crippen molar-refractivity contribution < 1.29 is 34.1 Å². The van der Waals surface area contributed by atoms with Crippen LogP contribution in [0.25, 0.3) is 0 Å². The Morgan fingerprint density at radius 2 is 1.48 bits per heavy atom. The van der Waals surface area contributed by atoms with Gasteiger partial charge in [0.05, 0.1) is 18.8 Å². The van der Waals surface area contributed by atoms with Crippen LogP contribution in [0.1, 0.15) is 110 Å². The van der Waals surface area contributed by atoms with Crippen LogP contribution < -0.4 is 9.47 Å². The lowest BCUT2D eigenvalue weighted by atomic mass is 9.91. The summed E-state index contributed by atoms with van der Waals surface area (Å²) in [7, 11) is 0. The molecule has 7 heteroatoms. The number of Topliss-reactive ketones (excluding diaryl/α,β-unsaturated/α-hetero) is 1. The Balaban J connectivity index is 1.47. The zero-order valence-corrected chi connectivity index (χ0v) is 23.8. The molecule has 1 aliphatic heterocycles. The first-order valence-corrected chi connectivity index (χ1v) is 14.9. The number of carbonyl (C=O) groups is 3. The predicted octanol–water partition coefficient (Wildman–Crippen LogP) is 6.99. The molecule has 40 heavy (non-hydrogen) atoms. The molecule has 1 heterocycles. The zero-order chi connectivity index (χ0) is 28.7. The molecule has 1 aliphatic rings. The number of rotatable bonds is 19. The molecule has 0 atom stereocenters. The number of aliphatic carboxylic acids is 2. The van der Waals surface area contributed by atoms with Crippen molar-refractivity contribution in [2.24, 2.45) is 0 Å². The fourth-order valence-electron chi connectivity index (χ4n) is 5.43. The number of unbranched alkanes of at least 4 members (excludes halogenated alkanes) is 5. The van der Waals surface area contributed by atoms with Crippen molar-refractivity contribution in [3.05, 3.63) is 58.1 Å². The van der Waals surface area contributed by atoms with Gasteiger partial charge >= 0.3 is 11.9 Å². The van der Waals surface area contributed by atoms with Crippen LogP contribution in [0.2, 0.25) is 0 Å². The second kappa shape index (κ2) is 16.7. The molecule has 218 valence electrons. The molecule has 0 saturated carbocycles. The molecule has 0 bridgehead atoms. The summed E-state index contributed by atoms with van der Waals surface area (Å²) in [5.74, 6) is 0.108. The van der Waals surface area contributed by atoms with Gasteiger partial charge in [-0.2, -0.15) is 0 Å². The number of fused-ring (bicyclic) bond motifs is 1. The Morgan fingerprint density at radius 3 is 2.15 bits per heavy atom. The van der Waals surface area contributed by atoms with Gasteiger partial charge in [-0.25, -0.2) is 0 Å². The summed E-state index contributed by atoms with van der Waals surface area (Å²) < 4.78 is 12.0. The summed E-state index contributed by atoms with van der Waals surface area (Å²) in [6, 6.07) is 10.0. The van der Waals surface area contributed by atoms with Crippen LogP contribution in [0.15, 0.2) is 30.3 Å². The number of ketones is 1. The smallest absolute Gasteiger partial charge is 0.303 e. The number of ether oxygens (including phenoxy) is 2. The van der Waals surface area contributed by atoms with Gasteiger partial charge in [-0.15, -0.1) is 0 Å². The molecule has 3 rings (SSSR count). The molecule has 0 unspecified atom stereocenters. The highest BCUT2D eigenvalue weighted by atomic mass is 16.5. The van der Waals surface area contributed by atoms with Crippen molar-refractivity contribution in [2.45, 2.75) is 103 Å². The minimum Gasteiger partial charge on any atom is -0.493 e. The van der Waals surface area contributed by atoms with E-state index in [4.69, 9.17) is 14.6 Å². The predicted molar refractivity (Wildman–Crippen MR) is 155 cm³/mol. The van der Waals surface area contributed by atoms with E-state index in [-0.39, 0.29) is 18.6 Å². The van der Waals surface area contributed by atoms with E-state index in [1.54, 1.807) is 0 Å². The van der Waals surface area contributed by atoms with Gasteiger partial charge in [0.2, 0.25) is 0 Å². The van der Waals surface area contributed by atoms with Crippen LogP contribution in [0.3, 0.4) is 0 Å². The van der Waals surface area contributed by atoms with E-state index in [2.05, 4.69) is 25.1 Å². The van der Waals surface area contributed by atoms with E-state index < -0.39 is 11.9 Å². The highest BCUT2D eigenvalue weighted by Crippen LogP contribution is 2.36. The van der Waals surface area contributed by atoms with E-state index in [1.807, 2.05) is 12.1 Å². The third kappa shape index (κ3) is 9.68. The maximum Gasteiger partial charge on any atom is 0.303 e. The molecular formula is C33H44O7. The maximum absolute atomic E-state index is 12.2. The average molecular weight is 553 g/mol. The number of hydrogen-bond acceptors (Lipinski definition) is 5. The number of carboxylic acids is 2. The van der Waals surface area contributed by atoms with Gasteiger partial charge in [0.1, 0.15) is 11.5 Å². The van der Waals surface area contributed by atoms with Crippen molar-refractivity contribution in [1.29, 1.82) is 0 Å². The van der Waals surface area contributed by atoms with Gasteiger partial charge < -0.3 is 19.7 Å². The number of benzene rings is 2. The minimum atomic E-state index is -0.790. The van der Waals surface area contributed by atoms with E-state index in [1.165, 1.54) is 11.1 Å². The number of hydrogen-bond donors (Lipinski definition) is 2. The normalized spacial score (nSPS) is 12.6. The van der Waals surface area contributed by atoms with Crippen molar-refractivity contribution >= 4 is 17.7 Å². The molecule has 0 fully saturated rings. The van der Waals surface area contributed by atoms with Crippen LogP contribution in [-0.2, 0) is 35.3 Å². The minimum absolute atomic E-state index is 0.113. The van der Waals surface area contributed by atoms with Gasteiger partial charge in [0, 0.05) is 24.8 Å². The molecule has 0 saturated heterocycles. The van der Waals surface area contributed by atoms with Crippen LogP contribution >= 0.6 is 0 Å². The van der Waals surface area contributed by atoms with Gasteiger partial charge in [0.15, 0.2) is 5.78 Å². The third-order valence-corrected chi connectivity index (χ3v) is 7.49. The molecule has 0 aromatic heterocycles. The van der Waals surface area contributed by atoms with Crippen molar-refractivity contribution in [3.63, 3.8) is 0 Å². The third-order valence-electron chi connectivity index (χ3n) is 7.49. The van der Waals surface area contributed by atoms with Gasteiger partial charge in [-0.05, 0) is 80.2 Å². The molecule has 7 nitrogen and oxygen atoms in total. The highest BCUT2D eigenvalue weighted by Gasteiger charge is 2.23. The summed E-state index contributed by atoms with van der Waals surface area (Å²) in [4.78, 5) is 34.3. The maximum atomic E-state index is 12.2. The Hall–Kier alpha value is -3.35. The SMILES string of the molecule is CCCc1c(OCCCCCCc2cccc(CCCCCC(=O)O)c2CCC(=O)O)ccc2c1OCCC2=O. The van der Waals surface area contributed by atoms with Crippen molar-refractivity contribution in [1.82, 2.24) is 0 Å². The standard InChI is InChI=1S/C33H44O7/c1-2-11-28-30(19-17-27-29(34)21-23-40-33(27)28)39-22-9-4-3-6-12-24-14-10-15-25(26(24)18-20-32(37)38)13-7-5-8-16-31(35)36/h10,14-15,17,19H,2-9,11-13,16,18,20-23H2,1H3,(H,35,36)(H,37,38). The Morgan fingerprint density at radius 1 is 0.800 bits per heavy atom. The summed E-state index contributed by atoms with van der Waals surface area (Å²) in [5, 5.41) is 18.1. The summed E-state index contributed by atoms with van der Waals surface area (Å²) in [5.41, 5.74) is 5.26. The topological polar surface area (TPSA) is 110 Å². The summed E-state index contributed by atoms with van der Waals surface area (Å²) in [6.45, 7) is 3.16. The van der Waals surface area contributed by atoms with E-state index in [9.17, 15) is 19.5 Å². The van der Waals surface area contributed by atoms with Gasteiger partial charge in [0.25, 0.3) is 0 Å². The zero-order valence-electron chi connectivity index (χ0n) is 23.8. The van der Waals surface area contributed by atoms with Crippen LogP contribution in [0, 0.1) is 0 Å². The molecule has 0 radical (unpaired) electrons. The molecule has 0 amide bonds. The molecule has 0 spiro atoms.